The standard InChI is InChI=1S/C38H45N3O8/c1-5-6-20-30(36(46)49-38(2,3)4)39-35(45)32(22-33(42)43)40-34(44)31(21-24-14-8-7-9-15-24)41-37(47)48-23-29-27-18-12-10-16-25(27)26-17-11-13-19-28(26)29/h7-19,29-32H,5-6,20-23H2,1-4H3,(H,39,45)(H,40,44)(H,41,47)(H,42,43)/t30-,31-,32-/m0/s1. The largest absolute Gasteiger partial charge is 0.481 e. The molecular weight excluding hydrogens is 626 g/mol. The average Bonchev–Trinajstić information content (AvgIpc) is 3.38. The van der Waals surface area contributed by atoms with Crippen LogP contribution in [0, 0.1) is 0 Å². The van der Waals surface area contributed by atoms with Crippen LogP contribution in [0.4, 0.5) is 4.79 Å². The first-order valence-corrected chi connectivity index (χ1v) is 16.6. The van der Waals surface area contributed by atoms with Gasteiger partial charge in [-0.15, -0.1) is 0 Å². The number of unbranched alkanes of at least 4 members (excludes halogenated alkanes) is 1. The smallest absolute Gasteiger partial charge is 0.407 e. The van der Waals surface area contributed by atoms with Crippen molar-refractivity contribution < 1.29 is 38.6 Å². The lowest BCUT2D eigenvalue weighted by molar-refractivity contribution is -0.159. The lowest BCUT2D eigenvalue weighted by Gasteiger charge is -2.27. The topological polar surface area (TPSA) is 160 Å². The maximum atomic E-state index is 13.7. The molecule has 0 unspecified atom stereocenters. The highest BCUT2D eigenvalue weighted by Crippen LogP contribution is 2.44. The molecule has 0 aromatic heterocycles. The van der Waals surface area contributed by atoms with Gasteiger partial charge in [0.1, 0.15) is 30.3 Å². The highest BCUT2D eigenvalue weighted by molar-refractivity contribution is 5.95. The van der Waals surface area contributed by atoms with Crippen LogP contribution in [0.5, 0.6) is 0 Å². The second kappa shape index (κ2) is 16.8. The van der Waals surface area contributed by atoms with E-state index in [9.17, 15) is 29.1 Å². The first kappa shape index (κ1) is 36.6. The van der Waals surface area contributed by atoms with Crippen LogP contribution < -0.4 is 16.0 Å². The van der Waals surface area contributed by atoms with Crippen LogP contribution in [-0.2, 0) is 35.1 Å². The Morgan fingerprint density at radius 2 is 1.31 bits per heavy atom. The van der Waals surface area contributed by atoms with Crippen molar-refractivity contribution in [1.29, 1.82) is 0 Å². The number of ether oxygens (including phenoxy) is 2. The SMILES string of the molecule is CCCC[C@H](NC(=O)[C@H](CC(=O)O)NC(=O)[C@H](Cc1ccccc1)NC(=O)OCC1c2ccccc2-c2ccccc21)C(=O)OC(C)(C)C. The van der Waals surface area contributed by atoms with E-state index in [0.717, 1.165) is 28.7 Å². The van der Waals surface area contributed by atoms with Crippen molar-refractivity contribution in [2.45, 2.75) is 89.4 Å². The number of carbonyl (C=O) groups excluding carboxylic acids is 4. The number of aliphatic carboxylic acids is 1. The fourth-order valence-electron chi connectivity index (χ4n) is 5.80. The van der Waals surface area contributed by atoms with E-state index in [2.05, 4.69) is 16.0 Å². The zero-order chi connectivity index (χ0) is 35.6. The van der Waals surface area contributed by atoms with Gasteiger partial charge >= 0.3 is 18.0 Å². The van der Waals surface area contributed by atoms with Crippen LogP contribution in [0.15, 0.2) is 78.9 Å². The van der Waals surface area contributed by atoms with E-state index in [1.807, 2.05) is 61.5 Å². The molecule has 11 heteroatoms. The number of hydrogen-bond acceptors (Lipinski definition) is 7. The molecule has 0 saturated carbocycles. The van der Waals surface area contributed by atoms with Crippen molar-refractivity contribution in [2.75, 3.05) is 6.61 Å². The van der Waals surface area contributed by atoms with Gasteiger partial charge in [0.2, 0.25) is 11.8 Å². The lowest BCUT2D eigenvalue weighted by Crippen LogP contribution is -2.57. The summed E-state index contributed by atoms with van der Waals surface area (Å²) in [6.45, 7) is 7.06. The molecule has 3 amide bonds. The Labute approximate surface area is 286 Å². The molecule has 0 radical (unpaired) electrons. The quantitative estimate of drug-likeness (QED) is 0.162. The van der Waals surface area contributed by atoms with Gasteiger partial charge < -0.3 is 30.5 Å². The number of hydrogen-bond donors (Lipinski definition) is 4. The van der Waals surface area contributed by atoms with E-state index < -0.39 is 60.0 Å². The van der Waals surface area contributed by atoms with E-state index in [4.69, 9.17) is 9.47 Å². The minimum Gasteiger partial charge on any atom is -0.481 e. The third-order valence-corrected chi connectivity index (χ3v) is 8.10. The van der Waals surface area contributed by atoms with E-state index in [0.29, 0.717) is 12.0 Å². The molecule has 11 nitrogen and oxygen atoms in total. The summed E-state index contributed by atoms with van der Waals surface area (Å²) < 4.78 is 11.1. The minimum atomic E-state index is -1.54. The average molecular weight is 672 g/mol. The number of carboxylic acids is 1. The molecule has 260 valence electrons. The molecule has 1 aliphatic carbocycles. The number of alkyl carbamates (subject to hydrolysis) is 1. The summed E-state index contributed by atoms with van der Waals surface area (Å²) in [5.41, 5.74) is 4.10. The highest BCUT2D eigenvalue weighted by atomic mass is 16.6. The van der Waals surface area contributed by atoms with Crippen molar-refractivity contribution in [3.63, 3.8) is 0 Å². The summed E-state index contributed by atoms with van der Waals surface area (Å²) in [6.07, 6.45) is 0.0493. The molecule has 0 aliphatic heterocycles. The van der Waals surface area contributed by atoms with Crippen LogP contribution >= 0.6 is 0 Å². The summed E-state index contributed by atoms with van der Waals surface area (Å²) in [5, 5.41) is 17.3. The summed E-state index contributed by atoms with van der Waals surface area (Å²) in [6, 6.07) is 21.0. The number of carbonyl (C=O) groups is 5. The number of esters is 1. The third-order valence-electron chi connectivity index (χ3n) is 8.10. The molecule has 4 N–H and O–H groups in total. The molecule has 3 atom stereocenters. The van der Waals surface area contributed by atoms with E-state index in [1.54, 1.807) is 45.0 Å². The number of carboxylic acid groups (broad SMARTS) is 1. The van der Waals surface area contributed by atoms with Crippen molar-refractivity contribution in [3.05, 3.63) is 95.6 Å². The van der Waals surface area contributed by atoms with Gasteiger partial charge in [-0.05, 0) is 55.0 Å². The highest BCUT2D eigenvalue weighted by Gasteiger charge is 2.34. The Kier molecular flexibility index (Phi) is 12.5. The third kappa shape index (κ3) is 10.4. The summed E-state index contributed by atoms with van der Waals surface area (Å²) in [4.78, 5) is 65.0. The van der Waals surface area contributed by atoms with Crippen LogP contribution in [0.2, 0.25) is 0 Å². The second-order valence-corrected chi connectivity index (χ2v) is 13.1. The number of rotatable bonds is 15. The molecule has 0 spiro atoms. The Morgan fingerprint density at radius 1 is 0.755 bits per heavy atom. The maximum absolute atomic E-state index is 13.7. The van der Waals surface area contributed by atoms with Gasteiger partial charge in [-0.3, -0.25) is 14.4 Å². The number of fused-ring (bicyclic) bond motifs is 3. The Hall–Kier alpha value is -5.19. The van der Waals surface area contributed by atoms with Gasteiger partial charge in [0, 0.05) is 12.3 Å². The molecule has 0 bridgehead atoms. The van der Waals surface area contributed by atoms with Crippen LogP contribution in [0.3, 0.4) is 0 Å². The molecule has 3 aromatic carbocycles. The van der Waals surface area contributed by atoms with Gasteiger partial charge in [0.25, 0.3) is 0 Å². The van der Waals surface area contributed by atoms with Crippen LogP contribution in [-0.4, -0.2) is 65.3 Å². The van der Waals surface area contributed by atoms with Crippen molar-refractivity contribution >= 4 is 29.8 Å². The Morgan fingerprint density at radius 3 is 1.88 bits per heavy atom. The van der Waals surface area contributed by atoms with Crippen LogP contribution in [0.25, 0.3) is 11.1 Å². The molecule has 49 heavy (non-hydrogen) atoms. The Balaban J connectivity index is 1.49. The molecule has 0 saturated heterocycles. The van der Waals surface area contributed by atoms with E-state index in [1.165, 1.54) is 0 Å². The molecule has 1 aliphatic rings. The molecule has 3 aromatic rings. The zero-order valence-electron chi connectivity index (χ0n) is 28.4. The summed E-state index contributed by atoms with van der Waals surface area (Å²) in [7, 11) is 0. The van der Waals surface area contributed by atoms with Gasteiger partial charge in [0.05, 0.1) is 6.42 Å². The number of amides is 3. The van der Waals surface area contributed by atoms with E-state index in [-0.39, 0.29) is 25.4 Å². The van der Waals surface area contributed by atoms with E-state index >= 15 is 0 Å². The van der Waals surface area contributed by atoms with Gasteiger partial charge in [-0.1, -0.05) is 98.6 Å². The first-order chi connectivity index (χ1) is 23.4. The minimum absolute atomic E-state index is 0.0212. The molecule has 4 rings (SSSR count). The van der Waals surface area contributed by atoms with Crippen molar-refractivity contribution in [2.24, 2.45) is 0 Å². The number of nitrogens with one attached hydrogen (secondary N) is 3. The summed E-state index contributed by atoms with van der Waals surface area (Å²) >= 11 is 0. The fraction of sp³-hybridized carbons (Fsp3) is 0.395. The molecule has 0 fully saturated rings. The predicted molar refractivity (Wildman–Crippen MR) is 184 cm³/mol. The zero-order valence-corrected chi connectivity index (χ0v) is 28.4. The first-order valence-electron chi connectivity index (χ1n) is 16.6. The lowest BCUT2D eigenvalue weighted by atomic mass is 9.98. The summed E-state index contributed by atoms with van der Waals surface area (Å²) in [5.74, 6) is -3.85. The number of benzene rings is 3. The Bertz CT molecular complexity index is 1590. The van der Waals surface area contributed by atoms with Crippen molar-refractivity contribution in [1.82, 2.24) is 16.0 Å². The fourth-order valence-corrected chi connectivity index (χ4v) is 5.80. The van der Waals surface area contributed by atoms with Crippen molar-refractivity contribution in [3.8, 4) is 11.1 Å². The molecule has 0 heterocycles. The maximum Gasteiger partial charge on any atom is 0.407 e. The normalized spacial score (nSPS) is 14.0. The second-order valence-electron chi connectivity index (χ2n) is 13.1. The van der Waals surface area contributed by atoms with Gasteiger partial charge in [-0.2, -0.15) is 0 Å². The van der Waals surface area contributed by atoms with Crippen LogP contribution in [0.1, 0.15) is 76.0 Å². The monoisotopic (exact) mass is 671 g/mol. The van der Waals surface area contributed by atoms with Gasteiger partial charge in [-0.25, -0.2) is 9.59 Å². The van der Waals surface area contributed by atoms with Gasteiger partial charge in [0.15, 0.2) is 0 Å². The predicted octanol–water partition coefficient (Wildman–Crippen LogP) is 5.11. The molecular formula is C38H45N3O8.